The number of ether oxygens (including phenoxy) is 2. The van der Waals surface area contributed by atoms with Crippen molar-refractivity contribution in [1.82, 2.24) is 14.8 Å². The topological polar surface area (TPSA) is 147 Å². The van der Waals surface area contributed by atoms with Crippen molar-refractivity contribution in [2.45, 2.75) is 83.3 Å². The molecule has 1 aliphatic rings. The van der Waals surface area contributed by atoms with E-state index in [0.29, 0.717) is 19.4 Å². The van der Waals surface area contributed by atoms with Crippen LogP contribution in [0.25, 0.3) is 0 Å². The van der Waals surface area contributed by atoms with Crippen molar-refractivity contribution in [3.05, 3.63) is 70.2 Å². The van der Waals surface area contributed by atoms with Crippen LogP contribution < -0.4 is 15.8 Å². The number of non-ortho nitro benzene ring substituents is 1. The number of aromatic nitrogens is 3. The number of pyridine rings is 1. The number of nitro benzene ring substituents is 1. The molecule has 0 aliphatic heterocycles. The molecule has 4 rings (SSSR count). The van der Waals surface area contributed by atoms with Crippen LogP contribution in [0.1, 0.15) is 76.6 Å². The Hall–Kier alpha value is -3.99. The Morgan fingerprint density at radius 1 is 1.15 bits per heavy atom. The van der Waals surface area contributed by atoms with Gasteiger partial charge in [0.15, 0.2) is 0 Å². The lowest BCUT2D eigenvalue weighted by Crippen LogP contribution is -2.24. The summed E-state index contributed by atoms with van der Waals surface area (Å²) < 4.78 is 12.8. The van der Waals surface area contributed by atoms with Gasteiger partial charge in [-0.1, -0.05) is 6.42 Å². The number of benzene rings is 1. The predicted molar refractivity (Wildman–Crippen MR) is 152 cm³/mol. The summed E-state index contributed by atoms with van der Waals surface area (Å²) in [5.74, 6) is 1.22. The normalized spacial score (nSPS) is 17.0. The van der Waals surface area contributed by atoms with Gasteiger partial charge < -0.3 is 20.5 Å². The highest BCUT2D eigenvalue weighted by Gasteiger charge is 2.32. The molecule has 0 amide bonds. The van der Waals surface area contributed by atoms with Crippen LogP contribution in [0.15, 0.2) is 48.7 Å². The molecule has 3 aromatic rings. The third-order valence-corrected chi connectivity index (χ3v) is 6.90. The van der Waals surface area contributed by atoms with E-state index in [4.69, 9.17) is 20.3 Å². The molecule has 0 saturated heterocycles. The molecule has 0 spiro atoms. The molecule has 3 N–H and O–H groups in total. The molecule has 40 heavy (non-hydrogen) atoms. The lowest BCUT2D eigenvalue weighted by molar-refractivity contribution is -0.384. The number of anilines is 2. The van der Waals surface area contributed by atoms with Gasteiger partial charge in [0, 0.05) is 41.7 Å². The highest BCUT2D eigenvalue weighted by Crippen LogP contribution is 2.38. The van der Waals surface area contributed by atoms with Crippen molar-refractivity contribution >= 4 is 23.3 Å². The van der Waals surface area contributed by atoms with E-state index in [1.54, 1.807) is 0 Å². The van der Waals surface area contributed by atoms with Gasteiger partial charge in [-0.15, -0.1) is 0 Å². The smallest absolute Gasteiger partial charge is 0.431 e. The Bertz CT molecular complexity index is 1300. The summed E-state index contributed by atoms with van der Waals surface area (Å²) in [7, 11) is 0. The second kappa shape index (κ2) is 12.9. The SMILES string of the molecule is CC(C)(C)n1nc([C@H]2CC[C@@H](OC(=O)Oc3ccc([N+](=O)[O-])cc3)C2)cc1Nc1ccnc(CCCCCN)c1. The molecule has 1 saturated carbocycles. The lowest BCUT2D eigenvalue weighted by Gasteiger charge is -2.23. The van der Waals surface area contributed by atoms with E-state index in [1.807, 2.05) is 16.9 Å². The molecule has 1 aliphatic carbocycles. The Morgan fingerprint density at radius 3 is 2.62 bits per heavy atom. The first-order valence-corrected chi connectivity index (χ1v) is 13.8. The van der Waals surface area contributed by atoms with Gasteiger partial charge in [0.2, 0.25) is 0 Å². The second-order valence-electron chi connectivity index (χ2n) is 11.2. The summed E-state index contributed by atoms with van der Waals surface area (Å²) in [5.41, 5.74) is 8.23. The Morgan fingerprint density at radius 2 is 1.93 bits per heavy atom. The fourth-order valence-corrected chi connectivity index (χ4v) is 4.88. The lowest BCUT2D eigenvalue weighted by atomic mass is 10.0. The largest absolute Gasteiger partial charge is 0.514 e. The molecule has 11 nitrogen and oxygen atoms in total. The molecular weight excluding hydrogens is 512 g/mol. The van der Waals surface area contributed by atoms with Gasteiger partial charge in [-0.05, 0) is 90.1 Å². The number of carbonyl (C=O) groups excluding carboxylic acids is 1. The van der Waals surface area contributed by atoms with Crippen LogP contribution in [0.5, 0.6) is 5.75 Å². The van der Waals surface area contributed by atoms with E-state index in [0.717, 1.165) is 55.0 Å². The molecule has 0 unspecified atom stereocenters. The average Bonchev–Trinajstić information content (AvgIpc) is 3.54. The van der Waals surface area contributed by atoms with Gasteiger partial charge >= 0.3 is 6.16 Å². The first-order chi connectivity index (χ1) is 19.1. The van der Waals surface area contributed by atoms with Gasteiger partial charge in [-0.2, -0.15) is 5.10 Å². The number of hydrogen-bond donors (Lipinski definition) is 2. The summed E-state index contributed by atoms with van der Waals surface area (Å²) >= 11 is 0. The van der Waals surface area contributed by atoms with Crippen LogP contribution in [0.3, 0.4) is 0 Å². The number of nitrogens with one attached hydrogen (secondary N) is 1. The number of nitrogens with zero attached hydrogens (tertiary/aromatic N) is 4. The molecular formula is C29H38N6O5. The number of hydrogen-bond acceptors (Lipinski definition) is 9. The quantitative estimate of drug-likeness (QED) is 0.0934. The number of rotatable bonds is 11. The average molecular weight is 551 g/mol. The standard InChI is InChI=1S/C29H38N6O5/c1-29(2,3)34-27(32-22-14-16-31-21(18-22)7-5-4-6-15-30)19-26(33-34)20-8-11-25(17-20)40-28(36)39-24-12-9-23(10-13-24)35(37)38/h9-10,12-14,16,18-20,25H,4-8,11,15,17,30H2,1-3H3,(H,31,32)/t20-,25+/m0/s1. The van der Waals surface area contributed by atoms with E-state index in [-0.39, 0.29) is 29.0 Å². The molecule has 0 radical (unpaired) electrons. The summed E-state index contributed by atoms with van der Waals surface area (Å²) in [4.78, 5) is 27.1. The maximum absolute atomic E-state index is 12.3. The third-order valence-electron chi connectivity index (χ3n) is 6.90. The number of aryl methyl sites for hydroxylation is 1. The summed E-state index contributed by atoms with van der Waals surface area (Å²) in [6, 6.07) is 11.4. The van der Waals surface area contributed by atoms with E-state index in [2.05, 4.69) is 43.2 Å². The molecule has 214 valence electrons. The van der Waals surface area contributed by atoms with Gasteiger partial charge in [-0.3, -0.25) is 15.1 Å². The van der Waals surface area contributed by atoms with E-state index in [9.17, 15) is 14.9 Å². The predicted octanol–water partition coefficient (Wildman–Crippen LogP) is 6.21. The number of nitro groups is 1. The minimum Gasteiger partial charge on any atom is -0.431 e. The van der Waals surface area contributed by atoms with Gasteiger partial charge in [-0.25, -0.2) is 9.48 Å². The molecule has 11 heteroatoms. The van der Waals surface area contributed by atoms with Crippen molar-refractivity contribution in [3.63, 3.8) is 0 Å². The number of unbranched alkanes of at least 4 members (excludes halogenated alkanes) is 2. The second-order valence-corrected chi connectivity index (χ2v) is 11.2. The minimum absolute atomic E-state index is 0.0781. The van der Waals surface area contributed by atoms with Crippen molar-refractivity contribution in [1.29, 1.82) is 0 Å². The zero-order valence-corrected chi connectivity index (χ0v) is 23.3. The molecule has 1 fully saturated rings. The number of carbonyl (C=O) groups is 1. The van der Waals surface area contributed by atoms with Crippen molar-refractivity contribution in [2.24, 2.45) is 5.73 Å². The summed E-state index contributed by atoms with van der Waals surface area (Å²) in [5, 5.41) is 19.3. The fourth-order valence-electron chi connectivity index (χ4n) is 4.88. The van der Waals surface area contributed by atoms with Crippen molar-refractivity contribution in [3.8, 4) is 5.75 Å². The molecule has 2 aromatic heterocycles. The monoisotopic (exact) mass is 550 g/mol. The zero-order chi connectivity index (χ0) is 28.7. The van der Waals surface area contributed by atoms with Crippen molar-refractivity contribution in [2.75, 3.05) is 11.9 Å². The Labute approximate surface area is 234 Å². The summed E-state index contributed by atoms with van der Waals surface area (Å²) in [6.45, 7) is 7.05. The highest BCUT2D eigenvalue weighted by molar-refractivity contribution is 5.64. The van der Waals surface area contributed by atoms with Crippen LogP contribution in [0, 0.1) is 10.1 Å². The first kappa shape index (κ1) is 29.0. The summed E-state index contributed by atoms with van der Waals surface area (Å²) in [6.07, 6.45) is 6.97. The molecule has 2 heterocycles. The third kappa shape index (κ3) is 7.78. The molecule has 2 atom stereocenters. The Balaban J connectivity index is 1.38. The van der Waals surface area contributed by atoms with Crippen LogP contribution in [0.4, 0.5) is 22.0 Å². The van der Waals surface area contributed by atoms with Gasteiger partial charge in [0.05, 0.1) is 16.2 Å². The van der Waals surface area contributed by atoms with E-state index < -0.39 is 11.1 Å². The molecule has 0 bridgehead atoms. The maximum Gasteiger partial charge on any atom is 0.514 e. The Kier molecular flexibility index (Phi) is 9.36. The minimum atomic E-state index is -0.821. The van der Waals surface area contributed by atoms with Crippen LogP contribution in [-0.4, -0.2) is 38.5 Å². The highest BCUT2D eigenvalue weighted by atomic mass is 16.7. The van der Waals surface area contributed by atoms with Crippen LogP contribution in [-0.2, 0) is 16.7 Å². The van der Waals surface area contributed by atoms with Gasteiger partial charge in [0.25, 0.3) is 5.69 Å². The zero-order valence-electron chi connectivity index (χ0n) is 23.3. The number of nitrogens with two attached hydrogens (primary N) is 1. The van der Waals surface area contributed by atoms with Crippen molar-refractivity contribution < 1.29 is 19.2 Å². The van der Waals surface area contributed by atoms with E-state index >= 15 is 0 Å². The van der Waals surface area contributed by atoms with E-state index in [1.165, 1.54) is 24.3 Å². The maximum atomic E-state index is 12.3. The van der Waals surface area contributed by atoms with Gasteiger partial charge in [0.1, 0.15) is 17.7 Å². The fraction of sp³-hybridized carbons (Fsp3) is 0.483. The molecule has 1 aromatic carbocycles. The first-order valence-electron chi connectivity index (χ1n) is 13.8. The van der Waals surface area contributed by atoms with Crippen LogP contribution in [0.2, 0.25) is 0 Å². The van der Waals surface area contributed by atoms with Crippen LogP contribution >= 0.6 is 0 Å².